The number of nitrogens with one attached hydrogen (secondary N) is 1. The molecular formula is C25H30N2O4. The lowest BCUT2D eigenvalue weighted by atomic mass is 10.0. The molecule has 6 nitrogen and oxygen atoms in total. The first kappa shape index (κ1) is 22.5. The summed E-state index contributed by atoms with van der Waals surface area (Å²) in [5.74, 6) is -0.663. The van der Waals surface area contributed by atoms with Crippen molar-refractivity contribution >= 4 is 17.8 Å². The summed E-state index contributed by atoms with van der Waals surface area (Å²) in [6, 6.07) is 16.5. The van der Waals surface area contributed by atoms with E-state index >= 15 is 0 Å². The third kappa shape index (κ3) is 6.17. The number of esters is 1. The molecule has 0 spiro atoms. The van der Waals surface area contributed by atoms with Crippen molar-refractivity contribution in [3.05, 3.63) is 71.3 Å². The van der Waals surface area contributed by atoms with Crippen LogP contribution in [-0.2, 0) is 20.7 Å². The molecule has 2 aromatic carbocycles. The first-order valence-corrected chi connectivity index (χ1v) is 10.8. The highest BCUT2D eigenvalue weighted by atomic mass is 16.5. The van der Waals surface area contributed by atoms with Crippen LogP contribution in [0.2, 0.25) is 0 Å². The van der Waals surface area contributed by atoms with E-state index < -0.39 is 12.0 Å². The molecule has 0 aliphatic carbocycles. The van der Waals surface area contributed by atoms with Crippen LogP contribution in [0.3, 0.4) is 0 Å². The topological polar surface area (TPSA) is 75.7 Å². The third-order valence-electron chi connectivity index (χ3n) is 5.49. The highest BCUT2D eigenvalue weighted by Crippen LogP contribution is 2.18. The van der Waals surface area contributed by atoms with E-state index in [1.165, 1.54) is 10.5 Å². The molecule has 6 heteroatoms. The van der Waals surface area contributed by atoms with E-state index in [1.54, 1.807) is 12.1 Å². The predicted molar refractivity (Wildman–Crippen MR) is 119 cm³/mol. The monoisotopic (exact) mass is 422 g/mol. The van der Waals surface area contributed by atoms with Gasteiger partial charge in [0.2, 0.25) is 5.91 Å². The second-order valence-electron chi connectivity index (χ2n) is 8.10. The quantitative estimate of drug-likeness (QED) is 0.523. The first-order valence-electron chi connectivity index (χ1n) is 10.8. The molecular weight excluding hydrogens is 392 g/mol. The van der Waals surface area contributed by atoms with Crippen molar-refractivity contribution in [3.8, 4) is 0 Å². The number of hydrogen-bond acceptors (Lipinski definition) is 4. The van der Waals surface area contributed by atoms with Crippen LogP contribution in [-0.4, -0.2) is 48.4 Å². The molecule has 1 heterocycles. The maximum atomic E-state index is 13.0. The number of nitrogens with zero attached hydrogens (tertiary/aromatic N) is 1. The Labute approximate surface area is 183 Å². The van der Waals surface area contributed by atoms with Crippen LogP contribution in [0.25, 0.3) is 0 Å². The van der Waals surface area contributed by atoms with E-state index in [2.05, 4.69) is 19.2 Å². The minimum Gasteiger partial charge on any atom is -0.466 e. The fraction of sp³-hybridized carbons (Fsp3) is 0.400. The zero-order valence-corrected chi connectivity index (χ0v) is 18.2. The number of aryl methyl sites for hydroxylation is 1. The molecule has 0 radical (unpaired) electrons. The molecule has 1 fully saturated rings. The number of rotatable bonds is 8. The molecule has 1 atom stereocenters. The number of carbonyl (C=O) groups excluding carboxylic acids is 3. The van der Waals surface area contributed by atoms with Gasteiger partial charge in [0.15, 0.2) is 0 Å². The standard InChI is InChI=1S/C25H30N2O4/c1-18(2)20-10-12-21(13-11-20)25(30)27-15-14-26-24(29)22(27)17-23(28)31-16-6-9-19-7-4-3-5-8-19/h3-5,7-8,10-13,18,22H,6,9,14-17H2,1-2H3,(H,26,29). The molecule has 1 saturated heterocycles. The van der Waals surface area contributed by atoms with Crippen molar-refractivity contribution in [3.63, 3.8) is 0 Å². The van der Waals surface area contributed by atoms with E-state index in [1.807, 2.05) is 42.5 Å². The summed E-state index contributed by atoms with van der Waals surface area (Å²) in [4.78, 5) is 39.3. The van der Waals surface area contributed by atoms with Crippen LogP contribution in [0.15, 0.2) is 54.6 Å². The summed E-state index contributed by atoms with van der Waals surface area (Å²) < 4.78 is 5.33. The highest BCUT2D eigenvalue weighted by molar-refractivity contribution is 5.99. The Morgan fingerprint density at radius 1 is 1.10 bits per heavy atom. The molecule has 0 aromatic heterocycles. The Kier molecular flexibility index (Phi) is 7.82. The van der Waals surface area contributed by atoms with Gasteiger partial charge in [0.25, 0.3) is 5.91 Å². The number of hydrogen-bond donors (Lipinski definition) is 1. The van der Waals surface area contributed by atoms with Gasteiger partial charge in [-0.3, -0.25) is 14.4 Å². The molecule has 2 amide bonds. The zero-order valence-electron chi connectivity index (χ0n) is 18.2. The highest BCUT2D eigenvalue weighted by Gasteiger charge is 2.35. The van der Waals surface area contributed by atoms with Crippen LogP contribution in [0.5, 0.6) is 0 Å². The fourth-order valence-electron chi connectivity index (χ4n) is 3.66. The van der Waals surface area contributed by atoms with Crippen molar-refractivity contribution in [2.75, 3.05) is 19.7 Å². The molecule has 31 heavy (non-hydrogen) atoms. The Balaban J connectivity index is 1.56. The number of ether oxygens (including phenoxy) is 1. The van der Waals surface area contributed by atoms with Gasteiger partial charge in [-0.2, -0.15) is 0 Å². The smallest absolute Gasteiger partial charge is 0.308 e. The molecule has 0 saturated carbocycles. The molecule has 1 aliphatic heterocycles. The predicted octanol–water partition coefficient (Wildman–Crippen LogP) is 3.32. The van der Waals surface area contributed by atoms with Crippen LogP contribution in [0.4, 0.5) is 0 Å². The maximum absolute atomic E-state index is 13.0. The number of piperazine rings is 1. The minimum atomic E-state index is -0.854. The van der Waals surface area contributed by atoms with Crippen molar-refractivity contribution in [1.29, 1.82) is 0 Å². The Hall–Kier alpha value is -3.15. The molecule has 1 unspecified atom stereocenters. The van der Waals surface area contributed by atoms with Crippen LogP contribution < -0.4 is 5.32 Å². The van der Waals surface area contributed by atoms with Gasteiger partial charge in [0.05, 0.1) is 13.0 Å². The SMILES string of the molecule is CC(C)c1ccc(C(=O)N2CCNC(=O)C2CC(=O)OCCCc2ccccc2)cc1. The van der Waals surface area contributed by atoms with Crippen molar-refractivity contribution in [1.82, 2.24) is 10.2 Å². The number of benzene rings is 2. The Bertz CT molecular complexity index is 893. The maximum Gasteiger partial charge on any atom is 0.308 e. The lowest BCUT2D eigenvalue weighted by Gasteiger charge is -2.34. The van der Waals surface area contributed by atoms with E-state index in [4.69, 9.17) is 4.74 Å². The molecule has 1 aliphatic rings. The summed E-state index contributed by atoms with van der Waals surface area (Å²) in [7, 11) is 0. The number of carbonyl (C=O) groups is 3. The molecule has 1 N–H and O–H groups in total. The van der Waals surface area contributed by atoms with Gasteiger partial charge in [-0.25, -0.2) is 0 Å². The van der Waals surface area contributed by atoms with E-state index in [0.29, 0.717) is 31.0 Å². The van der Waals surface area contributed by atoms with Crippen LogP contribution >= 0.6 is 0 Å². The summed E-state index contributed by atoms with van der Waals surface area (Å²) in [5, 5.41) is 2.75. The third-order valence-corrected chi connectivity index (χ3v) is 5.49. The molecule has 3 rings (SSSR count). The van der Waals surface area contributed by atoms with Gasteiger partial charge in [-0.15, -0.1) is 0 Å². The largest absolute Gasteiger partial charge is 0.466 e. The lowest BCUT2D eigenvalue weighted by Crippen LogP contribution is -2.57. The summed E-state index contributed by atoms with van der Waals surface area (Å²) in [6.07, 6.45) is 1.37. The molecule has 164 valence electrons. The zero-order chi connectivity index (χ0) is 22.2. The fourth-order valence-corrected chi connectivity index (χ4v) is 3.66. The van der Waals surface area contributed by atoms with Crippen molar-refractivity contribution in [2.45, 2.75) is 45.1 Å². The van der Waals surface area contributed by atoms with Crippen LogP contribution in [0, 0.1) is 0 Å². The van der Waals surface area contributed by atoms with Gasteiger partial charge in [0, 0.05) is 18.7 Å². The Morgan fingerprint density at radius 3 is 2.48 bits per heavy atom. The van der Waals surface area contributed by atoms with Gasteiger partial charge in [0.1, 0.15) is 6.04 Å². The second kappa shape index (κ2) is 10.8. The number of amides is 2. The Morgan fingerprint density at radius 2 is 1.81 bits per heavy atom. The van der Waals surface area contributed by atoms with E-state index in [9.17, 15) is 14.4 Å². The van der Waals surface area contributed by atoms with Gasteiger partial charge >= 0.3 is 5.97 Å². The van der Waals surface area contributed by atoms with Crippen LogP contribution in [0.1, 0.15) is 54.1 Å². The van der Waals surface area contributed by atoms with Crippen molar-refractivity contribution in [2.24, 2.45) is 0 Å². The van der Waals surface area contributed by atoms with Gasteiger partial charge in [-0.1, -0.05) is 56.3 Å². The average molecular weight is 423 g/mol. The van der Waals surface area contributed by atoms with E-state index in [-0.39, 0.29) is 24.8 Å². The summed E-state index contributed by atoms with van der Waals surface area (Å²) in [5.41, 5.74) is 2.84. The first-order chi connectivity index (χ1) is 15.0. The minimum absolute atomic E-state index is 0.146. The normalized spacial score (nSPS) is 16.2. The molecule has 0 bridgehead atoms. The van der Waals surface area contributed by atoms with Crippen molar-refractivity contribution < 1.29 is 19.1 Å². The summed E-state index contributed by atoms with van der Waals surface area (Å²) in [6.45, 7) is 5.20. The van der Waals surface area contributed by atoms with Gasteiger partial charge < -0.3 is 15.0 Å². The van der Waals surface area contributed by atoms with E-state index in [0.717, 1.165) is 12.0 Å². The summed E-state index contributed by atoms with van der Waals surface area (Å²) >= 11 is 0. The molecule has 2 aromatic rings. The van der Waals surface area contributed by atoms with Gasteiger partial charge in [-0.05, 0) is 42.0 Å². The second-order valence-corrected chi connectivity index (χ2v) is 8.10. The average Bonchev–Trinajstić information content (AvgIpc) is 2.78. The lowest BCUT2D eigenvalue weighted by molar-refractivity contribution is -0.147.